The molecule has 1 N–H and O–H groups in total. The number of hydrogen-bond donors (Lipinski definition) is 1. The Bertz CT molecular complexity index is 939. The summed E-state index contributed by atoms with van der Waals surface area (Å²) >= 11 is 6.46. The molecule has 0 aliphatic carbocycles. The van der Waals surface area contributed by atoms with E-state index in [1.54, 1.807) is 12.2 Å². The number of amides is 2. The summed E-state index contributed by atoms with van der Waals surface area (Å²) in [5.41, 5.74) is 1.03. The minimum Gasteiger partial charge on any atom is -0.352 e. The molecule has 0 radical (unpaired) electrons. The molecule has 2 amide bonds. The molecule has 148 valence electrons. The van der Waals surface area contributed by atoms with Crippen LogP contribution in [-0.4, -0.2) is 53.5 Å². The van der Waals surface area contributed by atoms with E-state index in [0.717, 1.165) is 5.56 Å². The van der Waals surface area contributed by atoms with Gasteiger partial charge in [0.15, 0.2) is 9.84 Å². The molecule has 2 aliphatic rings. The Balaban J connectivity index is 1.51. The molecule has 2 saturated heterocycles. The Kier molecular flexibility index (Phi) is 6.69. The molecule has 2 fully saturated rings. The van der Waals surface area contributed by atoms with Crippen molar-refractivity contribution in [1.82, 2.24) is 10.2 Å². The second-order valence-corrected chi connectivity index (χ2v) is 10.4. The Morgan fingerprint density at radius 3 is 2.75 bits per heavy atom. The third-order valence-corrected chi connectivity index (χ3v) is 7.53. The highest BCUT2D eigenvalue weighted by molar-refractivity contribution is 8.26. The smallest absolute Gasteiger partial charge is 0.266 e. The highest BCUT2D eigenvalue weighted by Gasteiger charge is 2.32. The molecule has 9 heteroatoms. The van der Waals surface area contributed by atoms with E-state index in [1.165, 1.54) is 16.7 Å². The summed E-state index contributed by atoms with van der Waals surface area (Å²) in [5, 5.41) is 2.72. The van der Waals surface area contributed by atoms with Crippen LogP contribution in [0.15, 0.2) is 47.4 Å². The minimum atomic E-state index is -3.04. The van der Waals surface area contributed by atoms with E-state index in [9.17, 15) is 18.0 Å². The normalized spacial score (nSPS) is 23.1. The van der Waals surface area contributed by atoms with Gasteiger partial charge in [0, 0.05) is 19.0 Å². The summed E-state index contributed by atoms with van der Waals surface area (Å²) in [4.78, 5) is 26.5. The number of rotatable bonds is 6. The fourth-order valence-corrected chi connectivity index (χ4v) is 5.87. The van der Waals surface area contributed by atoms with Gasteiger partial charge in [0.25, 0.3) is 5.91 Å². The van der Waals surface area contributed by atoms with Crippen molar-refractivity contribution in [2.75, 3.05) is 18.1 Å². The fraction of sp³-hybridized carbons (Fsp3) is 0.316. The van der Waals surface area contributed by atoms with Gasteiger partial charge < -0.3 is 5.32 Å². The number of thioether (sulfide) groups is 1. The Morgan fingerprint density at radius 2 is 2.07 bits per heavy atom. The quantitative estimate of drug-likeness (QED) is 0.543. The largest absolute Gasteiger partial charge is 0.352 e. The first-order chi connectivity index (χ1) is 13.3. The highest BCUT2D eigenvalue weighted by Crippen LogP contribution is 2.31. The van der Waals surface area contributed by atoms with Crippen molar-refractivity contribution >= 4 is 56.0 Å². The first-order valence-electron chi connectivity index (χ1n) is 8.81. The first kappa shape index (κ1) is 20.8. The van der Waals surface area contributed by atoms with Gasteiger partial charge in [0.2, 0.25) is 5.91 Å². The van der Waals surface area contributed by atoms with E-state index in [-0.39, 0.29) is 42.3 Å². The molecule has 0 bridgehead atoms. The van der Waals surface area contributed by atoms with Crippen LogP contribution in [0.1, 0.15) is 18.4 Å². The van der Waals surface area contributed by atoms with E-state index in [2.05, 4.69) is 5.32 Å². The van der Waals surface area contributed by atoms with Crippen LogP contribution in [0.5, 0.6) is 0 Å². The molecule has 0 saturated carbocycles. The van der Waals surface area contributed by atoms with Crippen molar-refractivity contribution < 1.29 is 18.0 Å². The lowest BCUT2D eigenvalue weighted by atomic mass is 10.2. The molecular weight excluding hydrogens is 416 g/mol. The predicted octanol–water partition coefficient (Wildman–Crippen LogP) is 2.14. The van der Waals surface area contributed by atoms with E-state index in [1.807, 2.05) is 36.4 Å². The topological polar surface area (TPSA) is 83.6 Å². The molecule has 1 aromatic rings. The Hall–Kier alpha value is -1.97. The number of nitrogens with zero attached hydrogens (tertiary/aromatic N) is 1. The van der Waals surface area contributed by atoms with Crippen LogP contribution in [0.25, 0.3) is 6.08 Å². The zero-order chi connectivity index (χ0) is 20.1. The van der Waals surface area contributed by atoms with Crippen LogP contribution in [-0.2, 0) is 19.4 Å². The van der Waals surface area contributed by atoms with Gasteiger partial charge >= 0.3 is 0 Å². The molecule has 0 unspecified atom stereocenters. The molecule has 3 rings (SSSR count). The lowest BCUT2D eigenvalue weighted by Gasteiger charge is -2.15. The Morgan fingerprint density at radius 1 is 1.32 bits per heavy atom. The monoisotopic (exact) mass is 436 g/mol. The summed E-state index contributed by atoms with van der Waals surface area (Å²) in [7, 11) is -3.04. The van der Waals surface area contributed by atoms with E-state index >= 15 is 0 Å². The van der Waals surface area contributed by atoms with Crippen LogP contribution >= 0.6 is 24.0 Å². The second-order valence-electron chi connectivity index (χ2n) is 6.54. The number of benzene rings is 1. The minimum absolute atomic E-state index is 0.0176. The number of sulfone groups is 1. The lowest BCUT2D eigenvalue weighted by Crippen LogP contribution is -2.38. The third-order valence-electron chi connectivity index (χ3n) is 4.37. The van der Waals surface area contributed by atoms with Crippen molar-refractivity contribution in [3.8, 4) is 0 Å². The molecule has 2 aliphatic heterocycles. The molecule has 28 heavy (non-hydrogen) atoms. The average molecular weight is 437 g/mol. The van der Waals surface area contributed by atoms with Crippen molar-refractivity contribution in [1.29, 1.82) is 0 Å². The number of carbonyl (C=O) groups is 2. The summed E-state index contributed by atoms with van der Waals surface area (Å²) in [6.45, 7) is 0.176. The van der Waals surface area contributed by atoms with Crippen LogP contribution in [0.2, 0.25) is 0 Å². The van der Waals surface area contributed by atoms with Crippen LogP contribution in [0, 0.1) is 0 Å². The van der Waals surface area contributed by atoms with Gasteiger partial charge in [-0.05, 0) is 18.1 Å². The first-order valence-corrected chi connectivity index (χ1v) is 11.9. The standard InChI is InChI=1S/C19H20N2O4S3/c22-17(20-15-10-12-28(24,25)13-15)9-11-21-18(23)16(27-19(21)26)8-4-7-14-5-2-1-3-6-14/h1-8,15H,9-13H2,(H,20,22)/b7-4+,16-8-/t15-/m1/s1. The van der Waals surface area contributed by atoms with Gasteiger partial charge in [0.1, 0.15) is 4.32 Å². The molecule has 0 spiro atoms. The molecule has 1 atom stereocenters. The molecule has 0 aromatic heterocycles. The van der Waals surface area contributed by atoms with Gasteiger partial charge in [-0.25, -0.2) is 8.42 Å². The third kappa shape index (κ3) is 5.52. The Labute approximate surface area is 174 Å². The summed E-state index contributed by atoms with van der Waals surface area (Å²) < 4.78 is 23.3. The van der Waals surface area contributed by atoms with Gasteiger partial charge in [-0.2, -0.15) is 0 Å². The maximum Gasteiger partial charge on any atom is 0.266 e. The van der Waals surface area contributed by atoms with Gasteiger partial charge in [-0.3, -0.25) is 14.5 Å². The molecular formula is C19H20N2O4S3. The molecule has 2 heterocycles. The number of nitrogens with one attached hydrogen (secondary N) is 1. The highest BCUT2D eigenvalue weighted by atomic mass is 32.2. The number of allylic oxidation sites excluding steroid dienone is 2. The van der Waals surface area contributed by atoms with Crippen LogP contribution in [0.3, 0.4) is 0 Å². The SMILES string of the molecule is O=C(CCN1C(=O)/C(=C/C=C/c2ccccc2)SC1=S)N[C@@H]1CCS(=O)(=O)C1. The number of hydrogen-bond acceptors (Lipinski definition) is 6. The summed E-state index contributed by atoms with van der Waals surface area (Å²) in [5.74, 6) is -0.405. The summed E-state index contributed by atoms with van der Waals surface area (Å²) in [6, 6.07) is 9.39. The van der Waals surface area contributed by atoms with Crippen LogP contribution < -0.4 is 5.32 Å². The van der Waals surface area contributed by atoms with E-state index in [4.69, 9.17) is 12.2 Å². The molecule has 1 aromatic carbocycles. The maximum absolute atomic E-state index is 12.5. The molecule has 6 nitrogen and oxygen atoms in total. The van der Waals surface area contributed by atoms with Crippen molar-refractivity contribution in [3.05, 3.63) is 53.0 Å². The average Bonchev–Trinajstić information content (AvgIpc) is 3.12. The van der Waals surface area contributed by atoms with Gasteiger partial charge in [-0.1, -0.05) is 66.5 Å². The van der Waals surface area contributed by atoms with Gasteiger partial charge in [-0.15, -0.1) is 0 Å². The van der Waals surface area contributed by atoms with Crippen LogP contribution in [0.4, 0.5) is 0 Å². The second kappa shape index (κ2) is 9.02. The predicted molar refractivity (Wildman–Crippen MR) is 115 cm³/mol. The number of thiocarbonyl (C=S) groups is 1. The van der Waals surface area contributed by atoms with Crippen molar-refractivity contribution in [2.24, 2.45) is 0 Å². The fourth-order valence-electron chi connectivity index (χ4n) is 2.94. The zero-order valence-corrected chi connectivity index (χ0v) is 17.5. The zero-order valence-electron chi connectivity index (χ0n) is 15.0. The summed E-state index contributed by atoms with van der Waals surface area (Å²) in [6.07, 6.45) is 5.93. The van der Waals surface area contributed by atoms with E-state index < -0.39 is 9.84 Å². The maximum atomic E-state index is 12.5. The van der Waals surface area contributed by atoms with E-state index in [0.29, 0.717) is 15.6 Å². The van der Waals surface area contributed by atoms with Crippen molar-refractivity contribution in [3.63, 3.8) is 0 Å². The lowest BCUT2D eigenvalue weighted by molar-refractivity contribution is -0.124. The number of carbonyl (C=O) groups excluding carboxylic acids is 2. The van der Waals surface area contributed by atoms with Crippen molar-refractivity contribution in [2.45, 2.75) is 18.9 Å². The van der Waals surface area contributed by atoms with Gasteiger partial charge in [0.05, 0.1) is 16.4 Å².